The zero-order valence-electron chi connectivity index (χ0n) is 23.2. The number of aryl methyl sites for hydroxylation is 1. The molecule has 0 aliphatic heterocycles. The van der Waals surface area contributed by atoms with Crippen molar-refractivity contribution < 1.29 is 23.9 Å². The molecule has 0 radical (unpaired) electrons. The summed E-state index contributed by atoms with van der Waals surface area (Å²) < 4.78 is 18.2. The summed E-state index contributed by atoms with van der Waals surface area (Å²) in [5.41, 5.74) is 0.888. The second-order valence-electron chi connectivity index (χ2n) is 9.22. The van der Waals surface area contributed by atoms with E-state index in [2.05, 4.69) is 15.9 Å². The zero-order valence-corrected chi connectivity index (χ0v) is 24.8. The third kappa shape index (κ3) is 5.79. The van der Waals surface area contributed by atoms with Gasteiger partial charge < -0.3 is 19.1 Å². The number of nitro groups is 1. The molecule has 1 atom stereocenters. The number of hydrogen-bond acceptors (Lipinski definition) is 8. The lowest BCUT2D eigenvalue weighted by molar-refractivity contribution is -0.385. The standard InChI is InChI=1S/C29H29BrN4O7/c1-17-10-11-19(14-23(17)34(37)38)28(35)32(12-13-39-3)18(2)27-31-22-9-7-6-8-21(22)29(36)33(27)24-15-20(40-4)16-25(41-5)26(24)30/h6-11,14-16,18H,12-13H2,1-5H3. The molecule has 11 nitrogen and oxygen atoms in total. The van der Waals surface area contributed by atoms with Crippen molar-refractivity contribution in [3.63, 3.8) is 0 Å². The summed E-state index contributed by atoms with van der Waals surface area (Å²) in [6.45, 7) is 3.66. The Bertz CT molecular complexity index is 1690. The van der Waals surface area contributed by atoms with E-state index in [0.717, 1.165) is 0 Å². The van der Waals surface area contributed by atoms with Gasteiger partial charge in [-0.1, -0.05) is 18.2 Å². The third-order valence-electron chi connectivity index (χ3n) is 6.78. The Kier molecular flexibility index (Phi) is 9.04. The van der Waals surface area contributed by atoms with Gasteiger partial charge in [0.1, 0.15) is 17.3 Å². The number of ether oxygens (including phenoxy) is 3. The maximum Gasteiger partial charge on any atom is 0.273 e. The molecule has 0 bridgehead atoms. The Hall–Kier alpha value is -4.29. The lowest BCUT2D eigenvalue weighted by Crippen LogP contribution is -2.39. The minimum atomic E-state index is -0.778. The number of halogens is 1. The Morgan fingerprint density at radius 1 is 1.12 bits per heavy atom. The minimum absolute atomic E-state index is 0.128. The number of hydrogen-bond donors (Lipinski definition) is 0. The molecule has 1 aromatic heterocycles. The molecule has 0 aliphatic rings. The van der Waals surface area contributed by atoms with Gasteiger partial charge in [-0.15, -0.1) is 0 Å². The van der Waals surface area contributed by atoms with Gasteiger partial charge in [-0.2, -0.15) is 0 Å². The number of benzene rings is 3. The molecule has 4 aromatic rings. The van der Waals surface area contributed by atoms with E-state index in [1.54, 1.807) is 56.3 Å². The number of aromatic nitrogens is 2. The summed E-state index contributed by atoms with van der Waals surface area (Å²) in [6, 6.07) is 13.8. The van der Waals surface area contributed by atoms with Crippen LogP contribution in [0.1, 0.15) is 34.7 Å². The summed E-state index contributed by atoms with van der Waals surface area (Å²) in [5.74, 6) is 0.653. The fraction of sp³-hybridized carbons (Fsp3) is 0.276. The second kappa shape index (κ2) is 12.5. The Balaban J connectivity index is 1.97. The molecule has 1 unspecified atom stereocenters. The van der Waals surface area contributed by atoms with Gasteiger partial charge in [0.15, 0.2) is 0 Å². The van der Waals surface area contributed by atoms with Crippen molar-refractivity contribution in [3.8, 4) is 17.2 Å². The number of fused-ring (bicyclic) bond motifs is 1. The van der Waals surface area contributed by atoms with E-state index in [1.165, 1.54) is 42.9 Å². The summed E-state index contributed by atoms with van der Waals surface area (Å²) in [4.78, 5) is 45.3. The highest BCUT2D eigenvalue weighted by Crippen LogP contribution is 2.37. The van der Waals surface area contributed by atoms with Gasteiger partial charge >= 0.3 is 0 Å². The molecular weight excluding hydrogens is 596 g/mol. The number of nitro benzene ring substituents is 1. The fourth-order valence-corrected chi connectivity index (χ4v) is 5.12. The number of nitrogens with zero attached hydrogens (tertiary/aromatic N) is 4. The number of amides is 1. The SMILES string of the molecule is COCCN(C(=O)c1ccc(C)c([N+](=O)[O-])c1)C(C)c1nc2ccccc2c(=O)n1-c1cc(OC)cc(OC)c1Br. The first-order valence-electron chi connectivity index (χ1n) is 12.6. The van der Waals surface area contributed by atoms with E-state index in [4.69, 9.17) is 19.2 Å². The molecule has 12 heteroatoms. The van der Waals surface area contributed by atoms with Crippen LogP contribution in [0, 0.1) is 17.0 Å². The maximum absolute atomic E-state index is 14.1. The van der Waals surface area contributed by atoms with Crippen molar-refractivity contribution in [2.45, 2.75) is 19.9 Å². The molecule has 1 heterocycles. The number of carbonyl (C=O) groups is 1. The average Bonchev–Trinajstić information content (AvgIpc) is 2.97. The Labute approximate surface area is 244 Å². The van der Waals surface area contributed by atoms with Crippen molar-refractivity contribution in [3.05, 3.63) is 96.5 Å². The first-order valence-corrected chi connectivity index (χ1v) is 13.4. The largest absolute Gasteiger partial charge is 0.497 e. The van der Waals surface area contributed by atoms with Crippen molar-refractivity contribution in [1.29, 1.82) is 0 Å². The van der Waals surface area contributed by atoms with E-state index < -0.39 is 16.9 Å². The highest BCUT2D eigenvalue weighted by atomic mass is 79.9. The van der Waals surface area contributed by atoms with Gasteiger partial charge in [0.25, 0.3) is 17.2 Å². The van der Waals surface area contributed by atoms with Crippen LogP contribution in [0.5, 0.6) is 11.5 Å². The molecule has 1 amide bonds. The fourth-order valence-electron chi connectivity index (χ4n) is 4.56. The highest BCUT2D eigenvalue weighted by Gasteiger charge is 2.30. The maximum atomic E-state index is 14.1. The van der Waals surface area contributed by atoms with E-state index in [-0.39, 0.29) is 35.8 Å². The van der Waals surface area contributed by atoms with E-state index in [1.807, 2.05) is 0 Å². The number of methoxy groups -OCH3 is 3. The van der Waals surface area contributed by atoms with Gasteiger partial charge in [-0.25, -0.2) is 4.98 Å². The van der Waals surface area contributed by atoms with Crippen LogP contribution in [-0.2, 0) is 4.74 Å². The molecule has 0 spiro atoms. The highest BCUT2D eigenvalue weighted by molar-refractivity contribution is 9.10. The van der Waals surface area contributed by atoms with Crippen LogP contribution < -0.4 is 15.0 Å². The smallest absolute Gasteiger partial charge is 0.273 e. The molecule has 41 heavy (non-hydrogen) atoms. The van der Waals surface area contributed by atoms with E-state index in [0.29, 0.717) is 38.1 Å². The van der Waals surface area contributed by atoms with Crippen molar-refractivity contribution in [2.24, 2.45) is 0 Å². The topological polar surface area (TPSA) is 126 Å². The van der Waals surface area contributed by atoms with Crippen LogP contribution in [-0.4, -0.2) is 59.8 Å². The molecule has 214 valence electrons. The molecule has 0 saturated heterocycles. The minimum Gasteiger partial charge on any atom is -0.497 e. The Morgan fingerprint density at radius 3 is 2.51 bits per heavy atom. The van der Waals surface area contributed by atoms with Crippen LogP contribution >= 0.6 is 15.9 Å². The molecule has 4 rings (SSSR count). The summed E-state index contributed by atoms with van der Waals surface area (Å²) in [6.07, 6.45) is 0. The first-order chi connectivity index (χ1) is 19.6. The first kappa shape index (κ1) is 29.7. The van der Waals surface area contributed by atoms with Crippen molar-refractivity contribution in [1.82, 2.24) is 14.5 Å². The van der Waals surface area contributed by atoms with Gasteiger partial charge in [0.2, 0.25) is 0 Å². The lowest BCUT2D eigenvalue weighted by atomic mass is 10.1. The summed E-state index contributed by atoms with van der Waals surface area (Å²) >= 11 is 3.56. The zero-order chi connectivity index (χ0) is 29.8. The molecule has 0 N–H and O–H groups in total. The second-order valence-corrected chi connectivity index (χ2v) is 10.0. The summed E-state index contributed by atoms with van der Waals surface area (Å²) in [7, 11) is 4.51. The molecule has 0 aliphatic carbocycles. The molecular formula is C29H29BrN4O7. The number of para-hydroxylation sites is 1. The van der Waals surface area contributed by atoms with Crippen LogP contribution in [0.25, 0.3) is 16.6 Å². The van der Waals surface area contributed by atoms with Crippen molar-refractivity contribution in [2.75, 3.05) is 34.5 Å². The molecule has 0 saturated carbocycles. The van der Waals surface area contributed by atoms with Gasteiger partial charge in [0.05, 0.1) is 52.9 Å². The average molecular weight is 625 g/mol. The van der Waals surface area contributed by atoms with Gasteiger partial charge in [-0.3, -0.25) is 24.3 Å². The van der Waals surface area contributed by atoms with E-state index in [9.17, 15) is 19.7 Å². The molecule has 0 fully saturated rings. The van der Waals surface area contributed by atoms with Crippen LogP contribution in [0.3, 0.4) is 0 Å². The predicted molar refractivity (Wildman–Crippen MR) is 157 cm³/mol. The van der Waals surface area contributed by atoms with E-state index >= 15 is 0 Å². The van der Waals surface area contributed by atoms with Crippen LogP contribution in [0.15, 0.2) is 63.9 Å². The third-order valence-corrected chi connectivity index (χ3v) is 7.58. The lowest BCUT2D eigenvalue weighted by Gasteiger charge is -2.31. The quantitative estimate of drug-likeness (QED) is 0.173. The summed E-state index contributed by atoms with van der Waals surface area (Å²) in [5, 5.41) is 12.0. The van der Waals surface area contributed by atoms with Crippen LogP contribution in [0.4, 0.5) is 5.69 Å². The van der Waals surface area contributed by atoms with Crippen LogP contribution in [0.2, 0.25) is 0 Å². The Morgan fingerprint density at radius 2 is 1.85 bits per heavy atom. The monoisotopic (exact) mass is 624 g/mol. The number of rotatable bonds is 10. The van der Waals surface area contributed by atoms with Crippen molar-refractivity contribution >= 4 is 38.4 Å². The van der Waals surface area contributed by atoms with Gasteiger partial charge in [0, 0.05) is 43.0 Å². The van der Waals surface area contributed by atoms with Gasteiger partial charge in [-0.05, 0) is 48.0 Å². The molecule has 3 aromatic carbocycles. The number of carbonyl (C=O) groups excluding carboxylic acids is 1. The predicted octanol–water partition coefficient (Wildman–Crippen LogP) is 5.23. The normalized spacial score (nSPS) is 11.8.